The van der Waals surface area contributed by atoms with E-state index in [0.717, 1.165) is 12.8 Å². The second-order valence-electron chi connectivity index (χ2n) is 3.80. The van der Waals surface area contributed by atoms with Crippen LogP contribution in [0.25, 0.3) is 0 Å². The molecule has 0 aromatic carbocycles. The van der Waals surface area contributed by atoms with Crippen LogP contribution in [0.3, 0.4) is 0 Å². The number of hydrazine groups is 1. The van der Waals surface area contributed by atoms with E-state index in [-0.39, 0.29) is 6.04 Å². The van der Waals surface area contributed by atoms with E-state index in [2.05, 4.69) is 12.3 Å². The van der Waals surface area contributed by atoms with Gasteiger partial charge in [-0.2, -0.15) is 0 Å². The maximum Gasteiger partial charge on any atom is 0.151 e. The minimum Gasteiger partial charge on any atom is -0.298 e. The Balaban J connectivity index is 2.46. The SMILES string of the molecule is CCCC1CC(C(=O)CC)N(C)N1. The summed E-state index contributed by atoms with van der Waals surface area (Å²) in [5.41, 5.74) is 3.33. The molecule has 1 aliphatic heterocycles. The van der Waals surface area contributed by atoms with E-state index in [1.54, 1.807) is 0 Å². The Kier molecular flexibility index (Phi) is 3.88. The molecule has 0 amide bonds. The van der Waals surface area contributed by atoms with E-state index >= 15 is 0 Å². The second-order valence-corrected chi connectivity index (χ2v) is 3.80. The molecule has 0 aliphatic carbocycles. The number of nitrogens with one attached hydrogen (secondary N) is 1. The highest BCUT2D eigenvalue weighted by Gasteiger charge is 2.32. The lowest BCUT2D eigenvalue weighted by Crippen LogP contribution is -2.39. The molecule has 1 saturated heterocycles. The molecular weight excluding hydrogens is 164 g/mol. The van der Waals surface area contributed by atoms with E-state index < -0.39 is 0 Å². The zero-order chi connectivity index (χ0) is 9.84. The molecule has 2 atom stereocenters. The van der Waals surface area contributed by atoms with E-state index in [9.17, 15) is 4.79 Å². The van der Waals surface area contributed by atoms with Crippen LogP contribution in [0.15, 0.2) is 0 Å². The lowest BCUT2D eigenvalue weighted by Gasteiger charge is -2.16. The zero-order valence-electron chi connectivity index (χ0n) is 8.84. The number of hydrogen-bond acceptors (Lipinski definition) is 3. The maximum atomic E-state index is 11.5. The number of ketones is 1. The number of hydrogen-bond donors (Lipinski definition) is 1. The van der Waals surface area contributed by atoms with Crippen molar-refractivity contribution in [2.24, 2.45) is 0 Å². The van der Waals surface area contributed by atoms with E-state index in [0.29, 0.717) is 18.2 Å². The number of carbonyl (C=O) groups is 1. The minimum absolute atomic E-state index is 0.113. The molecular formula is C10H20N2O. The second kappa shape index (κ2) is 4.72. The van der Waals surface area contributed by atoms with Gasteiger partial charge in [-0.25, -0.2) is 5.01 Å². The van der Waals surface area contributed by atoms with Gasteiger partial charge in [0.05, 0.1) is 6.04 Å². The van der Waals surface area contributed by atoms with Crippen molar-refractivity contribution < 1.29 is 4.79 Å². The van der Waals surface area contributed by atoms with Crippen LogP contribution < -0.4 is 5.43 Å². The van der Waals surface area contributed by atoms with Crippen LogP contribution in [0.2, 0.25) is 0 Å². The van der Waals surface area contributed by atoms with Crippen molar-refractivity contribution in [1.82, 2.24) is 10.4 Å². The summed E-state index contributed by atoms with van der Waals surface area (Å²) in [5.74, 6) is 0.355. The maximum absolute atomic E-state index is 11.5. The standard InChI is InChI=1S/C10H20N2O/c1-4-6-8-7-9(10(13)5-2)12(3)11-8/h8-9,11H,4-7H2,1-3H3. The Labute approximate surface area is 80.5 Å². The van der Waals surface area contributed by atoms with Crippen LogP contribution in [0, 0.1) is 0 Å². The third-order valence-electron chi connectivity index (χ3n) is 2.72. The number of rotatable bonds is 4. The molecule has 1 fully saturated rings. The van der Waals surface area contributed by atoms with Gasteiger partial charge in [0.1, 0.15) is 0 Å². The Morgan fingerprint density at radius 2 is 2.23 bits per heavy atom. The minimum atomic E-state index is 0.113. The fourth-order valence-electron chi connectivity index (χ4n) is 1.97. The predicted molar refractivity (Wildman–Crippen MR) is 53.3 cm³/mol. The van der Waals surface area contributed by atoms with Gasteiger partial charge in [-0.15, -0.1) is 0 Å². The Bertz CT molecular complexity index is 182. The molecule has 76 valence electrons. The van der Waals surface area contributed by atoms with Crippen molar-refractivity contribution in [1.29, 1.82) is 0 Å². The predicted octanol–water partition coefficient (Wildman–Crippen LogP) is 1.34. The summed E-state index contributed by atoms with van der Waals surface area (Å²) in [6.45, 7) is 4.11. The molecule has 0 spiro atoms. The summed E-state index contributed by atoms with van der Waals surface area (Å²) in [6.07, 6.45) is 3.98. The molecule has 13 heavy (non-hydrogen) atoms. The first-order chi connectivity index (χ1) is 6.19. The topological polar surface area (TPSA) is 32.3 Å². The van der Waals surface area contributed by atoms with Crippen LogP contribution in [0.4, 0.5) is 0 Å². The molecule has 1 N–H and O–H groups in total. The molecule has 0 aromatic rings. The molecule has 2 unspecified atom stereocenters. The Morgan fingerprint density at radius 1 is 1.54 bits per heavy atom. The highest BCUT2D eigenvalue weighted by atomic mass is 16.1. The molecule has 1 rings (SSSR count). The summed E-state index contributed by atoms with van der Waals surface area (Å²) in [6, 6.07) is 0.622. The highest BCUT2D eigenvalue weighted by Crippen LogP contribution is 2.18. The zero-order valence-corrected chi connectivity index (χ0v) is 8.84. The fraction of sp³-hybridized carbons (Fsp3) is 0.900. The van der Waals surface area contributed by atoms with E-state index in [4.69, 9.17) is 0 Å². The van der Waals surface area contributed by atoms with Gasteiger partial charge in [-0.1, -0.05) is 20.3 Å². The highest BCUT2D eigenvalue weighted by molar-refractivity contribution is 5.83. The first-order valence-electron chi connectivity index (χ1n) is 5.20. The smallest absolute Gasteiger partial charge is 0.151 e. The van der Waals surface area contributed by atoms with Crippen LogP contribution >= 0.6 is 0 Å². The van der Waals surface area contributed by atoms with Gasteiger partial charge in [-0.05, 0) is 12.8 Å². The average molecular weight is 184 g/mol. The fourth-order valence-corrected chi connectivity index (χ4v) is 1.97. The van der Waals surface area contributed by atoms with Gasteiger partial charge < -0.3 is 0 Å². The van der Waals surface area contributed by atoms with Crippen molar-refractivity contribution in [3.8, 4) is 0 Å². The third kappa shape index (κ3) is 2.51. The van der Waals surface area contributed by atoms with Gasteiger partial charge in [-0.3, -0.25) is 10.2 Å². The van der Waals surface area contributed by atoms with Crippen molar-refractivity contribution >= 4 is 5.78 Å². The number of Topliss-reactive ketones (excluding diaryl/α,β-unsaturated/α-hetero) is 1. The first-order valence-corrected chi connectivity index (χ1v) is 5.20. The first kappa shape index (κ1) is 10.7. The van der Waals surface area contributed by atoms with Gasteiger partial charge in [0.2, 0.25) is 0 Å². The molecule has 3 nitrogen and oxygen atoms in total. The van der Waals surface area contributed by atoms with Crippen LogP contribution in [0.5, 0.6) is 0 Å². The van der Waals surface area contributed by atoms with Crippen molar-refractivity contribution in [3.63, 3.8) is 0 Å². The summed E-state index contributed by atoms with van der Waals surface area (Å²) in [5, 5.41) is 1.98. The van der Waals surface area contributed by atoms with Crippen LogP contribution in [-0.4, -0.2) is 29.9 Å². The molecule has 1 aliphatic rings. The van der Waals surface area contributed by atoms with Gasteiger partial charge >= 0.3 is 0 Å². The normalized spacial score (nSPS) is 29.5. The summed E-state index contributed by atoms with van der Waals surface area (Å²) in [7, 11) is 1.97. The lowest BCUT2D eigenvalue weighted by molar-refractivity contribution is -0.123. The molecule has 3 heteroatoms. The third-order valence-corrected chi connectivity index (χ3v) is 2.72. The van der Waals surface area contributed by atoms with Gasteiger partial charge in [0, 0.05) is 19.5 Å². The Morgan fingerprint density at radius 3 is 2.77 bits per heavy atom. The van der Waals surface area contributed by atoms with Crippen molar-refractivity contribution in [3.05, 3.63) is 0 Å². The largest absolute Gasteiger partial charge is 0.298 e. The lowest BCUT2D eigenvalue weighted by atomic mass is 10.0. The quantitative estimate of drug-likeness (QED) is 0.715. The molecule has 0 aromatic heterocycles. The number of carbonyl (C=O) groups excluding carboxylic acids is 1. The van der Waals surface area contributed by atoms with Crippen molar-refractivity contribution in [2.45, 2.75) is 51.6 Å². The monoisotopic (exact) mass is 184 g/mol. The summed E-state index contributed by atoms with van der Waals surface area (Å²) in [4.78, 5) is 11.5. The molecule has 0 saturated carbocycles. The Hall–Kier alpha value is -0.410. The number of nitrogens with zero attached hydrogens (tertiary/aromatic N) is 1. The van der Waals surface area contributed by atoms with Crippen LogP contribution in [0.1, 0.15) is 39.5 Å². The van der Waals surface area contributed by atoms with Crippen LogP contribution in [-0.2, 0) is 4.79 Å². The van der Waals surface area contributed by atoms with Gasteiger partial charge in [0.25, 0.3) is 0 Å². The van der Waals surface area contributed by atoms with Crippen molar-refractivity contribution in [2.75, 3.05) is 7.05 Å². The van der Waals surface area contributed by atoms with E-state index in [1.807, 2.05) is 19.0 Å². The molecule has 0 bridgehead atoms. The van der Waals surface area contributed by atoms with Gasteiger partial charge in [0.15, 0.2) is 5.78 Å². The molecule has 1 heterocycles. The summed E-state index contributed by atoms with van der Waals surface area (Å²) >= 11 is 0. The molecule has 0 radical (unpaired) electrons. The van der Waals surface area contributed by atoms with E-state index in [1.165, 1.54) is 6.42 Å². The number of likely N-dealkylation sites (N-methyl/N-ethyl adjacent to an activating group) is 1. The summed E-state index contributed by atoms with van der Waals surface area (Å²) < 4.78 is 0. The average Bonchev–Trinajstić information content (AvgIpc) is 2.46.